The second kappa shape index (κ2) is 10.3. The number of urea groups is 1. The number of carbonyl (C=O) groups is 2. The minimum atomic E-state index is -0.411. The average molecular weight is 452 g/mol. The van der Waals surface area contributed by atoms with Crippen LogP contribution in [0.4, 0.5) is 15.0 Å². The maximum Gasteiger partial charge on any atom is 0.318 e. The van der Waals surface area contributed by atoms with Crippen LogP contribution in [0.3, 0.4) is 0 Å². The Labute approximate surface area is 193 Å². The monoisotopic (exact) mass is 451 g/mol. The van der Waals surface area contributed by atoms with E-state index in [0.29, 0.717) is 23.7 Å². The second-order valence-electron chi connectivity index (χ2n) is 8.82. The normalized spacial score (nSPS) is 11.2. The van der Waals surface area contributed by atoms with Crippen LogP contribution in [-0.4, -0.2) is 45.2 Å². The van der Waals surface area contributed by atoms with Gasteiger partial charge in [0.25, 0.3) is 0 Å². The van der Waals surface area contributed by atoms with E-state index in [1.165, 1.54) is 17.0 Å². The molecule has 1 heterocycles. The van der Waals surface area contributed by atoms with Gasteiger partial charge in [-0.25, -0.2) is 13.9 Å². The number of anilines is 1. The highest BCUT2D eigenvalue weighted by molar-refractivity contribution is 5.94. The van der Waals surface area contributed by atoms with Crippen LogP contribution in [0.1, 0.15) is 34.1 Å². The van der Waals surface area contributed by atoms with Crippen molar-refractivity contribution in [3.8, 4) is 16.9 Å². The fourth-order valence-corrected chi connectivity index (χ4v) is 3.28. The molecule has 0 saturated carbocycles. The van der Waals surface area contributed by atoms with Crippen LogP contribution in [0.15, 0.2) is 60.7 Å². The first kappa shape index (κ1) is 24.0. The van der Waals surface area contributed by atoms with Gasteiger partial charge in [-0.15, -0.1) is 0 Å². The summed E-state index contributed by atoms with van der Waals surface area (Å²) < 4.78 is 15.0. The highest BCUT2D eigenvalue weighted by atomic mass is 19.1. The Kier molecular flexibility index (Phi) is 7.48. The van der Waals surface area contributed by atoms with Crippen molar-refractivity contribution in [1.82, 2.24) is 20.0 Å². The molecule has 3 aromatic rings. The molecule has 33 heavy (non-hydrogen) atoms. The molecule has 8 heteroatoms. The van der Waals surface area contributed by atoms with E-state index in [9.17, 15) is 14.0 Å². The van der Waals surface area contributed by atoms with Gasteiger partial charge < -0.3 is 15.5 Å². The van der Waals surface area contributed by atoms with E-state index >= 15 is 0 Å². The first-order valence-corrected chi connectivity index (χ1v) is 10.9. The van der Waals surface area contributed by atoms with Gasteiger partial charge in [-0.2, -0.15) is 5.10 Å². The number of benzene rings is 2. The van der Waals surface area contributed by atoms with Gasteiger partial charge in [0.1, 0.15) is 18.2 Å². The fourth-order valence-electron chi connectivity index (χ4n) is 3.28. The molecule has 1 aromatic heterocycles. The number of rotatable bonds is 7. The van der Waals surface area contributed by atoms with Crippen LogP contribution >= 0.6 is 0 Å². The summed E-state index contributed by atoms with van der Waals surface area (Å²) in [6, 6.07) is 16.9. The number of aromatic nitrogens is 2. The van der Waals surface area contributed by atoms with E-state index in [1.807, 2.05) is 58.0 Å². The van der Waals surface area contributed by atoms with Crippen molar-refractivity contribution in [2.24, 2.45) is 0 Å². The molecule has 0 spiro atoms. The van der Waals surface area contributed by atoms with Gasteiger partial charge in [0.2, 0.25) is 5.91 Å². The Morgan fingerprint density at radius 3 is 2.33 bits per heavy atom. The second-order valence-corrected chi connectivity index (χ2v) is 8.82. The van der Waals surface area contributed by atoms with Crippen LogP contribution < -0.4 is 10.6 Å². The molecule has 0 unspecified atom stereocenters. The van der Waals surface area contributed by atoms with E-state index in [1.54, 1.807) is 22.9 Å². The number of hydrogen-bond donors (Lipinski definition) is 2. The van der Waals surface area contributed by atoms with E-state index in [2.05, 4.69) is 15.7 Å². The Hall–Kier alpha value is -3.68. The zero-order valence-corrected chi connectivity index (χ0v) is 19.4. The molecule has 7 nitrogen and oxygen atoms in total. The van der Waals surface area contributed by atoms with Gasteiger partial charge in [0.05, 0.1) is 11.4 Å². The van der Waals surface area contributed by atoms with Crippen molar-refractivity contribution in [2.45, 2.75) is 39.7 Å². The zero-order chi connectivity index (χ0) is 24.0. The third-order valence-electron chi connectivity index (χ3n) is 4.71. The first-order chi connectivity index (χ1) is 15.7. The maximum absolute atomic E-state index is 13.4. The topological polar surface area (TPSA) is 79.3 Å². The molecule has 3 rings (SSSR count). The largest absolute Gasteiger partial charge is 0.333 e. The maximum atomic E-state index is 13.4. The number of nitrogens with one attached hydrogen (secondary N) is 2. The Balaban J connectivity index is 1.86. The lowest BCUT2D eigenvalue weighted by molar-refractivity contribution is -0.116. The summed E-state index contributed by atoms with van der Waals surface area (Å²) >= 11 is 0. The zero-order valence-electron chi connectivity index (χ0n) is 19.4. The van der Waals surface area contributed by atoms with E-state index in [4.69, 9.17) is 0 Å². The predicted molar refractivity (Wildman–Crippen MR) is 128 cm³/mol. The summed E-state index contributed by atoms with van der Waals surface area (Å²) in [4.78, 5) is 27.0. The molecule has 0 saturated heterocycles. The van der Waals surface area contributed by atoms with Crippen LogP contribution in [0.5, 0.6) is 0 Å². The molecule has 0 radical (unpaired) electrons. The molecule has 0 bridgehead atoms. The third kappa shape index (κ3) is 6.65. The Bertz CT molecular complexity index is 1090. The molecular weight excluding hydrogens is 421 g/mol. The minimum Gasteiger partial charge on any atom is -0.333 e. The lowest BCUT2D eigenvalue weighted by Gasteiger charge is -2.27. The van der Waals surface area contributed by atoms with Crippen molar-refractivity contribution in [3.05, 3.63) is 66.5 Å². The summed E-state index contributed by atoms with van der Waals surface area (Å²) in [5, 5.41) is 10.4. The van der Waals surface area contributed by atoms with Crippen molar-refractivity contribution in [2.75, 3.05) is 18.4 Å². The quantitative estimate of drug-likeness (QED) is 0.540. The van der Waals surface area contributed by atoms with Gasteiger partial charge in [-0.3, -0.25) is 4.79 Å². The minimum absolute atomic E-state index is 0.106. The molecule has 0 atom stereocenters. The molecular formula is C25H30FN5O2. The van der Waals surface area contributed by atoms with Gasteiger partial charge in [-0.05, 0) is 51.5 Å². The lowest BCUT2D eigenvalue weighted by Crippen LogP contribution is -2.50. The predicted octanol–water partition coefficient (Wildman–Crippen LogP) is 4.84. The van der Waals surface area contributed by atoms with E-state index < -0.39 is 5.54 Å². The molecule has 0 aliphatic carbocycles. The number of nitrogens with zero attached hydrogens (tertiary/aromatic N) is 3. The summed E-state index contributed by atoms with van der Waals surface area (Å²) in [6.07, 6.45) is 0.719. The number of carbonyl (C=O) groups excluding carboxylic acids is 2. The van der Waals surface area contributed by atoms with E-state index in [0.717, 1.165) is 12.0 Å². The van der Waals surface area contributed by atoms with Crippen LogP contribution in [0, 0.1) is 5.82 Å². The van der Waals surface area contributed by atoms with Crippen molar-refractivity contribution in [1.29, 1.82) is 0 Å². The summed E-state index contributed by atoms with van der Waals surface area (Å²) in [7, 11) is 0. The molecule has 2 N–H and O–H groups in total. The average Bonchev–Trinajstić information content (AvgIpc) is 3.17. The molecule has 0 fully saturated rings. The fraction of sp³-hybridized carbons (Fsp3) is 0.320. The van der Waals surface area contributed by atoms with Crippen molar-refractivity contribution in [3.63, 3.8) is 0 Å². The summed E-state index contributed by atoms with van der Waals surface area (Å²) in [6.45, 7) is 7.96. The van der Waals surface area contributed by atoms with Gasteiger partial charge in [0.15, 0.2) is 0 Å². The Morgan fingerprint density at radius 1 is 1.06 bits per heavy atom. The smallest absolute Gasteiger partial charge is 0.318 e. The SMILES string of the molecule is CCCN(CC(=O)Nc1cc(-c2ccccc2)nn1-c1ccc(F)cc1)C(=O)NC(C)(C)C. The van der Waals surface area contributed by atoms with Crippen LogP contribution in [0.2, 0.25) is 0 Å². The number of halogens is 1. The lowest BCUT2D eigenvalue weighted by atomic mass is 10.1. The highest BCUT2D eigenvalue weighted by Crippen LogP contribution is 2.25. The van der Waals surface area contributed by atoms with Gasteiger partial charge in [0, 0.05) is 23.7 Å². The molecule has 2 aromatic carbocycles. The Morgan fingerprint density at radius 2 is 1.73 bits per heavy atom. The standard InChI is InChI=1S/C25H30FN5O2/c1-5-15-30(24(33)28-25(2,3)4)17-23(32)27-22-16-21(18-9-7-6-8-10-18)29-31(22)20-13-11-19(26)12-14-20/h6-14,16H,5,15,17H2,1-4H3,(H,27,32)(H,28,33). The first-order valence-electron chi connectivity index (χ1n) is 10.9. The van der Waals surface area contributed by atoms with Crippen LogP contribution in [0.25, 0.3) is 16.9 Å². The van der Waals surface area contributed by atoms with Crippen molar-refractivity contribution < 1.29 is 14.0 Å². The van der Waals surface area contributed by atoms with Gasteiger partial charge >= 0.3 is 6.03 Å². The molecule has 174 valence electrons. The molecule has 3 amide bonds. The molecule has 0 aliphatic heterocycles. The van der Waals surface area contributed by atoms with Gasteiger partial charge in [-0.1, -0.05) is 37.3 Å². The van der Waals surface area contributed by atoms with Crippen molar-refractivity contribution >= 4 is 17.8 Å². The highest BCUT2D eigenvalue weighted by Gasteiger charge is 2.22. The van der Waals surface area contributed by atoms with Crippen LogP contribution in [-0.2, 0) is 4.79 Å². The molecule has 0 aliphatic rings. The summed E-state index contributed by atoms with van der Waals surface area (Å²) in [5.41, 5.74) is 1.73. The summed E-state index contributed by atoms with van der Waals surface area (Å²) in [5.74, 6) is -0.284. The van der Waals surface area contributed by atoms with E-state index in [-0.39, 0.29) is 24.3 Å². The third-order valence-corrected chi connectivity index (χ3v) is 4.71. The number of amides is 3. The number of hydrogen-bond acceptors (Lipinski definition) is 3.